The van der Waals surface area contributed by atoms with Crippen molar-refractivity contribution in [3.8, 4) is 0 Å². The monoisotopic (exact) mass is 257 g/mol. The Morgan fingerprint density at radius 1 is 1.21 bits per heavy atom. The van der Waals surface area contributed by atoms with Crippen LogP contribution in [0.25, 0.3) is 10.9 Å². The van der Waals surface area contributed by atoms with Crippen molar-refractivity contribution >= 4 is 10.9 Å². The molecule has 1 unspecified atom stereocenters. The fourth-order valence-electron chi connectivity index (χ4n) is 3.36. The van der Waals surface area contributed by atoms with E-state index in [2.05, 4.69) is 36.3 Å². The third kappa shape index (κ3) is 2.27. The van der Waals surface area contributed by atoms with E-state index in [1.165, 1.54) is 36.6 Å². The van der Waals surface area contributed by atoms with Crippen LogP contribution in [0.15, 0.2) is 24.3 Å². The topological polar surface area (TPSA) is 43.8 Å². The van der Waals surface area contributed by atoms with Crippen LogP contribution < -0.4 is 5.73 Å². The predicted octanol–water partition coefficient (Wildman–Crippen LogP) is 3.40. The van der Waals surface area contributed by atoms with Gasteiger partial charge in [-0.25, -0.2) is 0 Å². The average molecular weight is 257 g/mol. The molecule has 1 aromatic heterocycles. The van der Waals surface area contributed by atoms with E-state index in [1.54, 1.807) is 0 Å². The van der Waals surface area contributed by atoms with Gasteiger partial charge < -0.3 is 5.73 Å². The van der Waals surface area contributed by atoms with Crippen LogP contribution in [-0.2, 0) is 7.05 Å². The first-order chi connectivity index (χ1) is 9.16. The number of rotatable bonds is 2. The first kappa shape index (κ1) is 12.7. The van der Waals surface area contributed by atoms with Gasteiger partial charge in [0.1, 0.15) is 0 Å². The first-order valence-corrected chi connectivity index (χ1v) is 7.34. The smallest absolute Gasteiger partial charge is 0.0873 e. The van der Waals surface area contributed by atoms with Crippen molar-refractivity contribution in [1.29, 1.82) is 0 Å². The molecular formula is C16H23N3. The van der Waals surface area contributed by atoms with Gasteiger partial charge in [-0.1, -0.05) is 38.0 Å². The molecule has 102 valence electrons. The Kier molecular flexibility index (Phi) is 3.31. The lowest BCUT2D eigenvalue weighted by Gasteiger charge is -2.29. The van der Waals surface area contributed by atoms with Crippen LogP contribution in [0, 0.1) is 11.8 Å². The van der Waals surface area contributed by atoms with Crippen LogP contribution in [0.3, 0.4) is 0 Å². The highest BCUT2D eigenvalue weighted by atomic mass is 15.3. The zero-order valence-electron chi connectivity index (χ0n) is 11.8. The summed E-state index contributed by atoms with van der Waals surface area (Å²) >= 11 is 0. The van der Waals surface area contributed by atoms with Gasteiger partial charge >= 0.3 is 0 Å². The summed E-state index contributed by atoms with van der Waals surface area (Å²) in [5, 5.41) is 5.89. The maximum atomic E-state index is 6.52. The van der Waals surface area contributed by atoms with Crippen LogP contribution in [0.2, 0.25) is 0 Å². The van der Waals surface area contributed by atoms with E-state index >= 15 is 0 Å². The van der Waals surface area contributed by atoms with Crippen LogP contribution in [0.1, 0.15) is 44.3 Å². The number of benzene rings is 1. The van der Waals surface area contributed by atoms with Crippen LogP contribution in [-0.4, -0.2) is 9.78 Å². The van der Waals surface area contributed by atoms with Gasteiger partial charge in [0.15, 0.2) is 0 Å². The van der Waals surface area contributed by atoms with E-state index in [0.29, 0.717) is 5.92 Å². The van der Waals surface area contributed by atoms with Gasteiger partial charge in [-0.05, 0) is 30.7 Å². The van der Waals surface area contributed by atoms with Crippen molar-refractivity contribution in [1.82, 2.24) is 9.78 Å². The molecule has 0 saturated heterocycles. The van der Waals surface area contributed by atoms with Crippen molar-refractivity contribution in [2.75, 3.05) is 0 Å². The Morgan fingerprint density at radius 2 is 1.89 bits per heavy atom. The highest BCUT2D eigenvalue weighted by Gasteiger charge is 2.27. The number of hydrogen-bond donors (Lipinski definition) is 1. The van der Waals surface area contributed by atoms with Gasteiger partial charge in [-0.15, -0.1) is 0 Å². The second-order valence-electron chi connectivity index (χ2n) is 6.07. The van der Waals surface area contributed by atoms with E-state index in [1.807, 2.05) is 11.7 Å². The molecule has 3 heteroatoms. The summed E-state index contributed by atoms with van der Waals surface area (Å²) < 4.78 is 1.95. The maximum absolute atomic E-state index is 6.52. The fraction of sp³-hybridized carbons (Fsp3) is 0.562. The van der Waals surface area contributed by atoms with Gasteiger partial charge in [-0.3, -0.25) is 4.68 Å². The normalized spacial score (nSPS) is 25.6. The standard InChI is InChI=1S/C16H23N3/c1-11-7-9-12(10-8-11)15(17)16-13-5-3-4-6-14(13)19(2)18-16/h3-6,11-12,15H,7-10,17H2,1-2H3. The molecule has 1 heterocycles. The van der Waals surface area contributed by atoms with Gasteiger partial charge in [0.05, 0.1) is 17.3 Å². The molecule has 1 atom stereocenters. The van der Waals surface area contributed by atoms with Crippen molar-refractivity contribution < 1.29 is 0 Å². The lowest BCUT2D eigenvalue weighted by atomic mass is 9.78. The average Bonchev–Trinajstić information content (AvgIpc) is 2.77. The summed E-state index contributed by atoms with van der Waals surface area (Å²) in [5.74, 6) is 1.46. The minimum Gasteiger partial charge on any atom is -0.322 e. The van der Waals surface area contributed by atoms with E-state index in [0.717, 1.165) is 11.6 Å². The van der Waals surface area contributed by atoms with Gasteiger partial charge in [-0.2, -0.15) is 5.10 Å². The SMILES string of the molecule is CC1CCC(C(N)c2nn(C)c3ccccc23)CC1. The molecular weight excluding hydrogens is 234 g/mol. The highest BCUT2D eigenvalue weighted by molar-refractivity contribution is 5.82. The summed E-state index contributed by atoms with van der Waals surface area (Å²) in [5.41, 5.74) is 8.78. The molecule has 0 amide bonds. The number of para-hydroxylation sites is 1. The quantitative estimate of drug-likeness (QED) is 0.896. The van der Waals surface area contributed by atoms with Crippen molar-refractivity contribution in [3.05, 3.63) is 30.0 Å². The summed E-state index contributed by atoms with van der Waals surface area (Å²) in [6, 6.07) is 8.47. The largest absolute Gasteiger partial charge is 0.322 e. The summed E-state index contributed by atoms with van der Waals surface area (Å²) in [6.07, 6.45) is 5.10. The third-order valence-corrected chi connectivity index (χ3v) is 4.67. The van der Waals surface area contributed by atoms with E-state index in [4.69, 9.17) is 5.73 Å². The number of aromatic nitrogens is 2. The summed E-state index contributed by atoms with van der Waals surface area (Å²) in [4.78, 5) is 0. The van der Waals surface area contributed by atoms with Crippen molar-refractivity contribution in [3.63, 3.8) is 0 Å². The van der Waals surface area contributed by atoms with Crippen molar-refractivity contribution in [2.45, 2.75) is 38.6 Å². The number of fused-ring (bicyclic) bond motifs is 1. The molecule has 0 aliphatic heterocycles. The highest BCUT2D eigenvalue weighted by Crippen LogP contribution is 2.36. The maximum Gasteiger partial charge on any atom is 0.0873 e. The molecule has 2 N–H and O–H groups in total. The second-order valence-corrected chi connectivity index (χ2v) is 6.07. The van der Waals surface area contributed by atoms with Crippen LogP contribution >= 0.6 is 0 Å². The predicted molar refractivity (Wildman–Crippen MR) is 78.8 cm³/mol. The Hall–Kier alpha value is -1.35. The molecule has 1 aliphatic rings. The molecule has 3 nitrogen and oxygen atoms in total. The molecule has 1 aromatic carbocycles. The molecule has 0 radical (unpaired) electrons. The minimum absolute atomic E-state index is 0.0820. The fourth-order valence-corrected chi connectivity index (χ4v) is 3.36. The Balaban J connectivity index is 1.91. The minimum atomic E-state index is 0.0820. The molecule has 19 heavy (non-hydrogen) atoms. The lowest BCUT2D eigenvalue weighted by Crippen LogP contribution is -2.26. The van der Waals surface area contributed by atoms with Gasteiger partial charge in [0, 0.05) is 12.4 Å². The zero-order chi connectivity index (χ0) is 13.4. The number of aryl methyl sites for hydroxylation is 1. The first-order valence-electron chi connectivity index (χ1n) is 7.34. The van der Waals surface area contributed by atoms with Crippen LogP contribution in [0.4, 0.5) is 0 Å². The number of nitrogens with zero attached hydrogens (tertiary/aromatic N) is 2. The molecule has 2 aromatic rings. The molecule has 0 bridgehead atoms. The van der Waals surface area contributed by atoms with Gasteiger partial charge in [0.2, 0.25) is 0 Å². The van der Waals surface area contributed by atoms with E-state index in [-0.39, 0.29) is 6.04 Å². The van der Waals surface area contributed by atoms with E-state index < -0.39 is 0 Å². The third-order valence-electron chi connectivity index (χ3n) is 4.67. The molecule has 0 spiro atoms. The number of nitrogens with two attached hydrogens (primary N) is 1. The molecule has 1 aliphatic carbocycles. The zero-order valence-corrected chi connectivity index (χ0v) is 11.8. The van der Waals surface area contributed by atoms with Gasteiger partial charge in [0.25, 0.3) is 0 Å². The number of hydrogen-bond acceptors (Lipinski definition) is 2. The van der Waals surface area contributed by atoms with Crippen molar-refractivity contribution in [2.24, 2.45) is 24.6 Å². The Labute approximate surface area is 114 Å². The Morgan fingerprint density at radius 3 is 2.63 bits per heavy atom. The second kappa shape index (κ2) is 4.97. The molecule has 1 fully saturated rings. The lowest BCUT2D eigenvalue weighted by molar-refractivity contribution is 0.254. The van der Waals surface area contributed by atoms with Crippen LogP contribution in [0.5, 0.6) is 0 Å². The summed E-state index contributed by atoms with van der Waals surface area (Å²) in [7, 11) is 2.00. The Bertz CT molecular complexity index is 564. The molecule has 1 saturated carbocycles. The molecule has 3 rings (SSSR count). The van der Waals surface area contributed by atoms with E-state index in [9.17, 15) is 0 Å². The summed E-state index contributed by atoms with van der Waals surface area (Å²) in [6.45, 7) is 2.35.